The van der Waals surface area contributed by atoms with Gasteiger partial charge in [0.15, 0.2) is 23.0 Å². The van der Waals surface area contributed by atoms with Crippen molar-refractivity contribution < 1.29 is 66.2 Å². The highest BCUT2D eigenvalue weighted by Gasteiger charge is 2.55. The standard InChI is InChI=1S/C48H64N2O12/c1-7-43(51)59-39-19-11-29(21-41(39)61-45(53)9-3)27-49(5)31-13-14-32(49)24-35(23-31)57-47(55)37-17-18-38(37)48(56)58-36-25-33-15-16-34(26-36)50(33,6)28-30-12-20-40(60-44(52)8-2)42(22-30)62-46(54)10-4/h11-12,19-22,31-38H,7-10,13-18,23-28H2,1-6H3/q+2/t31-,32+,33-,34+,35?,36?,37?,38?,49?,50?. The summed E-state index contributed by atoms with van der Waals surface area (Å²) in [6.07, 6.45) is 8.52. The molecule has 6 unspecified atom stereocenters. The molecule has 336 valence electrons. The van der Waals surface area contributed by atoms with E-state index in [1.807, 2.05) is 12.1 Å². The zero-order chi connectivity index (χ0) is 44.3. The van der Waals surface area contributed by atoms with Crippen molar-refractivity contribution >= 4 is 35.8 Å². The van der Waals surface area contributed by atoms with Crippen molar-refractivity contribution in [3.05, 3.63) is 47.5 Å². The van der Waals surface area contributed by atoms with Crippen LogP contribution in [-0.4, -0.2) is 95.3 Å². The number of hydrogen-bond acceptors (Lipinski definition) is 12. The van der Waals surface area contributed by atoms with Crippen LogP contribution in [0, 0.1) is 11.8 Å². The zero-order valence-electron chi connectivity index (χ0n) is 37.2. The highest BCUT2D eigenvalue weighted by Crippen LogP contribution is 2.47. The molecule has 7 rings (SSSR count). The smallest absolute Gasteiger partial charge is 0.311 e. The highest BCUT2D eigenvalue weighted by atomic mass is 16.6. The average Bonchev–Trinajstić information content (AvgIpc) is 3.45. The van der Waals surface area contributed by atoms with Crippen molar-refractivity contribution in [3.8, 4) is 23.0 Å². The Morgan fingerprint density at radius 2 is 0.774 bits per heavy atom. The maximum atomic E-state index is 13.7. The summed E-state index contributed by atoms with van der Waals surface area (Å²) in [5.41, 5.74) is 1.93. The molecule has 14 heteroatoms. The van der Waals surface area contributed by atoms with E-state index in [0.717, 1.165) is 71.5 Å². The fraction of sp³-hybridized carbons (Fsp3) is 0.625. The molecule has 4 bridgehead atoms. The van der Waals surface area contributed by atoms with E-state index in [0.29, 0.717) is 25.9 Å². The van der Waals surface area contributed by atoms with Gasteiger partial charge in [-0.3, -0.25) is 28.8 Å². The third-order valence-corrected chi connectivity index (χ3v) is 14.7. The van der Waals surface area contributed by atoms with E-state index in [-0.39, 0.29) is 97.0 Å². The van der Waals surface area contributed by atoms with Gasteiger partial charge in [0.2, 0.25) is 0 Å². The van der Waals surface area contributed by atoms with E-state index < -0.39 is 35.7 Å². The predicted octanol–water partition coefficient (Wildman–Crippen LogP) is 7.04. The van der Waals surface area contributed by atoms with Crippen molar-refractivity contribution in [1.82, 2.24) is 0 Å². The van der Waals surface area contributed by atoms with Gasteiger partial charge in [0.1, 0.15) is 25.3 Å². The molecular weight excluding hydrogens is 797 g/mol. The minimum absolute atomic E-state index is 0.191. The number of rotatable bonds is 16. The molecule has 0 spiro atoms. The molecule has 1 saturated carbocycles. The number of quaternary nitrogens is 2. The molecule has 14 nitrogen and oxygen atoms in total. The molecule has 0 amide bonds. The normalized spacial score (nSPS) is 30.7. The summed E-state index contributed by atoms with van der Waals surface area (Å²) in [7, 11) is 4.49. The summed E-state index contributed by atoms with van der Waals surface area (Å²) in [5, 5.41) is 0. The van der Waals surface area contributed by atoms with Gasteiger partial charge in [0.05, 0.1) is 50.1 Å². The molecule has 0 N–H and O–H groups in total. The Balaban J connectivity index is 0.920. The Morgan fingerprint density at radius 3 is 1.06 bits per heavy atom. The summed E-state index contributed by atoms with van der Waals surface area (Å²) in [6.45, 7) is 8.22. The Morgan fingerprint density at radius 1 is 0.468 bits per heavy atom. The first-order valence-corrected chi connectivity index (χ1v) is 22.8. The Labute approximate surface area is 364 Å². The lowest BCUT2D eigenvalue weighted by molar-refractivity contribution is -0.961. The zero-order valence-corrected chi connectivity index (χ0v) is 37.2. The lowest BCUT2D eigenvalue weighted by Crippen LogP contribution is -2.59. The molecule has 4 heterocycles. The van der Waals surface area contributed by atoms with E-state index in [4.69, 9.17) is 28.4 Å². The Bertz CT molecular complexity index is 1880. The summed E-state index contributed by atoms with van der Waals surface area (Å²) >= 11 is 0. The van der Waals surface area contributed by atoms with Gasteiger partial charge in [-0.25, -0.2) is 0 Å². The second kappa shape index (κ2) is 18.9. The molecule has 4 aliphatic heterocycles. The minimum atomic E-state index is -0.496. The van der Waals surface area contributed by atoms with Crippen molar-refractivity contribution in [2.45, 2.75) is 167 Å². The second-order valence-corrected chi connectivity index (χ2v) is 18.5. The summed E-state index contributed by atoms with van der Waals surface area (Å²) in [6, 6.07) is 11.9. The number of benzene rings is 2. The first-order valence-electron chi connectivity index (χ1n) is 22.8. The molecule has 62 heavy (non-hydrogen) atoms. The number of fused-ring (bicyclic) bond motifs is 4. The van der Waals surface area contributed by atoms with E-state index in [1.165, 1.54) is 0 Å². The van der Waals surface area contributed by atoms with Gasteiger partial charge >= 0.3 is 35.8 Å². The molecule has 1 aliphatic carbocycles. The first-order chi connectivity index (χ1) is 29.7. The fourth-order valence-corrected chi connectivity index (χ4v) is 10.9. The molecule has 2 aromatic carbocycles. The fourth-order valence-electron chi connectivity index (χ4n) is 10.9. The van der Waals surface area contributed by atoms with Crippen molar-refractivity contribution in [1.29, 1.82) is 0 Å². The largest absolute Gasteiger partial charge is 0.462 e. The molecule has 0 radical (unpaired) electrons. The molecule has 5 aliphatic rings. The lowest BCUT2D eigenvalue weighted by atomic mass is 9.73. The number of hydrogen-bond donors (Lipinski definition) is 0. The van der Waals surface area contributed by atoms with E-state index in [1.54, 1.807) is 52.0 Å². The summed E-state index contributed by atoms with van der Waals surface area (Å²) in [5.74, 6) is -2.29. The Hall–Kier alpha value is -4.82. The monoisotopic (exact) mass is 860 g/mol. The second-order valence-electron chi connectivity index (χ2n) is 18.5. The molecule has 0 aromatic heterocycles. The van der Waals surface area contributed by atoms with Crippen molar-refractivity contribution in [2.75, 3.05) is 14.1 Å². The third kappa shape index (κ3) is 9.56. The van der Waals surface area contributed by atoms with Crippen LogP contribution in [0.15, 0.2) is 36.4 Å². The maximum Gasteiger partial charge on any atom is 0.311 e. The molecule has 2 aromatic rings. The molecule has 4 saturated heterocycles. The van der Waals surface area contributed by atoms with Gasteiger partial charge in [0, 0.05) is 88.2 Å². The lowest BCUT2D eigenvalue weighted by Gasteiger charge is -2.47. The number of piperidine rings is 2. The van der Waals surface area contributed by atoms with Gasteiger partial charge in [-0.05, 0) is 49.2 Å². The minimum Gasteiger partial charge on any atom is -0.462 e. The van der Waals surface area contributed by atoms with Crippen molar-refractivity contribution in [2.24, 2.45) is 11.8 Å². The van der Waals surface area contributed by atoms with Crippen LogP contribution >= 0.6 is 0 Å². The number of ether oxygens (including phenoxy) is 6. The van der Waals surface area contributed by atoms with Gasteiger partial charge in [0.25, 0.3) is 0 Å². The van der Waals surface area contributed by atoms with E-state index >= 15 is 0 Å². The van der Waals surface area contributed by atoms with Gasteiger partial charge in [-0.15, -0.1) is 0 Å². The number of nitrogens with zero attached hydrogens (tertiary/aromatic N) is 2. The van der Waals surface area contributed by atoms with Crippen molar-refractivity contribution in [3.63, 3.8) is 0 Å². The first kappa shape index (κ1) is 45.2. The predicted molar refractivity (Wildman–Crippen MR) is 224 cm³/mol. The summed E-state index contributed by atoms with van der Waals surface area (Å²) < 4.78 is 36.0. The van der Waals surface area contributed by atoms with Crippen LogP contribution in [0.4, 0.5) is 0 Å². The maximum absolute atomic E-state index is 13.7. The quantitative estimate of drug-likeness (QED) is 0.0965. The van der Waals surface area contributed by atoms with Crippen LogP contribution in [0.3, 0.4) is 0 Å². The van der Waals surface area contributed by atoms with Crippen LogP contribution in [-0.2, 0) is 51.3 Å². The number of esters is 6. The molecule has 5 fully saturated rings. The van der Waals surface area contributed by atoms with E-state index in [2.05, 4.69) is 14.1 Å². The van der Waals surface area contributed by atoms with Crippen LogP contribution in [0.5, 0.6) is 23.0 Å². The average molecular weight is 861 g/mol. The Kier molecular flexibility index (Phi) is 13.8. The van der Waals surface area contributed by atoms with Crippen LogP contribution in [0.25, 0.3) is 0 Å². The molecule has 10 atom stereocenters. The van der Waals surface area contributed by atoms with Crippen LogP contribution in [0.2, 0.25) is 0 Å². The summed E-state index contributed by atoms with van der Waals surface area (Å²) in [4.78, 5) is 75.9. The topological polar surface area (TPSA) is 158 Å². The van der Waals surface area contributed by atoms with E-state index in [9.17, 15) is 28.8 Å². The van der Waals surface area contributed by atoms with Crippen LogP contribution < -0.4 is 18.9 Å². The number of carbonyl (C=O) groups excluding carboxylic acids is 6. The number of carbonyl (C=O) groups is 6. The molecular formula is C48H64N2O12+2. The SMILES string of the molecule is CCC(=O)Oc1ccc(C[N+]2(C)[C@@H]3CC[C@H]2CC(OC(=O)C2CCC2C(=O)OC2C[C@H]4CC[C@@H](C2)[N+]4(C)Cc2ccc(OC(=O)CC)c(OC(=O)CC)c2)C3)cc1OC(=O)CC. The highest BCUT2D eigenvalue weighted by molar-refractivity contribution is 5.84. The van der Waals surface area contributed by atoms with Gasteiger partial charge < -0.3 is 37.4 Å². The van der Waals surface area contributed by atoms with Crippen LogP contribution in [0.1, 0.15) is 129 Å². The van der Waals surface area contributed by atoms with Gasteiger partial charge in [-0.2, -0.15) is 0 Å². The van der Waals surface area contributed by atoms with Gasteiger partial charge in [-0.1, -0.05) is 27.7 Å². The third-order valence-electron chi connectivity index (χ3n) is 14.7.